The smallest absolute Gasteiger partial charge is 0.159 e. The minimum Gasteiger partial charge on any atom is -0.508 e. The number of Topliss-reactive ketones (excluding diaryl/α,β-unsaturated/α-hetero) is 1. The van der Waals surface area contributed by atoms with Gasteiger partial charge in [-0.3, -0.25) is 9.69 Å². The Hall–Kier alpha value is -1.39. The molecule has 0 heterocycles. The quantitative estimate of drug-likeness (QED) is 0.579. The Balaban J connectivity index is 2.72. The van der Waals surface area contributed by atoms with Crippen molar-refractivity contribution in [3.8, 4) is 5.75 Å². The fourth-order valence-corrected chi connectivity index (χ4v) is 1.86. The first-order valence-corrected chi connectivity index (χ1v) is 6.71. The predicted molar refractivity (Wildman–Crippen MR) is 75.6 cm³/mol. The SMILES string of the molecule is CCOCCN(CC)Cc1cc(C(C)=O)ccc1O. The molecule has 4 heteroatoms. The highest BCUT2D eigenvalue weighted by atomic mass is 16.5. The van der Waals surface area contributed by atoms with Crippen LogP contribution in [0.2, 0.25) is 0 Å². The molecule has 106 valence electrons. The monoisotopic (exact) mass is 265 g/mol. The lowest BCUT2D eigenvalue weighted by atomic mass is 10.1. The van der Waals surface area contributed by atoms with Crippen LogP contribution < -0.4 is 0 Å². The molecule has 0 spiro atoms. The van der Waals surface area contributed by atoms with Gasteiger partial charge >= 0.3 is 0 Å². The fourth-order valence-electron chi connectivity index (χ4n) is 1.86. The summed E-state index contributed by atoms with van der Waals surface area (Å²) in [7, 11) is 0. The molecule has 4 nitrogen and oxygen atoms in total. The number of ketones is 1. The van der Waals surface area contributed by atoms with Crippen LogP contribution in [0.1, 0.15) is 36.7 Å². The third-order valence-electron chi connectivity index (χ3n) is 3.08. The van der Waals surface area contributed by atoms with Gasteiger partial charge in [0, 0.05) is 30.8 Å². The van der Waals surface area contributed by atoms with Gasteiger partial charge in [0.2, 0.25) is 0 Å². The molecule has 0 bridgehead atoms. The Bertz CT molecular complexity index is 418. The number of carbonyl (C=O) groups is 1. The molecule has 1 aromatic carbocycles. The summed E-state index contributed by atoms with van der Waals surface area (Å²) in [5, 5.41) is 9.86. The van der Waals surface area contributed by atoms with Gasteiger partial charge in [0.15, 0.2) is 5.78 Å². The van der Waals surface area contributed by atoms with Crippen molar-refractivity contribution >= 4 is 5.78 Å². The zero-order valence-corrected chi connectivity index (χ0v) is 12.0. The second kappa shape index (κ2) is 7.92. The van der Waals surface area contributed by atoms with E-state index in [9.17, 15) is 9.90 Å². The Morgan fingerprint density at radius 1 is 1.37 bits per heavy atom. The van der Waals surface area contributed by atoms with E-state index in [1.165, 1.54) is 6.92 Å². The van der Waals surface area contributed by atoms with Crippen LogP contribution in [0.4, 0.5) is 0 Å². The molecule has 0 aliphatic heterocycles. The molecule has 1 N–H and O–H groups in total. The normalized spacial score (nSPS) is 10.9. The standard InChI is InChI=1S/C15H23NO3/c1-4-16(8-9-19-5-2)11-14-10-13(12(3)17)6-7-15(14)18/h6-7,10,18H,4-5,8-9,11H2,1-3H3. The minimum absolute atomic E-state index is 0.0126. The van der Waals surface area contributed by atoms with Crippen molar-refractivity contribution in [3.63, 3.8) is 0 Å². The van der Waals surface area contributed by atoms with Crippen molar-refractivity contribution in [3.05, 3.63) is 29.3 Å². The maximum absolute atomic E-state index is 11.4. The zero-order chi connectivity index (χ0) is 14.3. The Morgan fingerprint density at radius 3 is 2.68 bits per heavy atom. The van der Waals surface area contributed by atoms with E-state index in [0.717, 1.165) is 18.7 Å². The van der Waals surface area contributed by atoms with Crippen LogP contribution in [0.5, 0.6) is 5.75 Å². The van der Waals surface area contributed by atoms with E-state index in [2.05, 4.69) is 11.8 Å². The third-order valence-corrected chi connectivity index (χ3v) is 3.08. The number of ether oxygens (including phenoxy) is 1. The summed E-state index contributed by atoms with van der Waals surface area (Å²) in [4.78, 5) is 13.5. The van der Waals surface area contributed by atoms with Crippen LogP contribution in [0.25, 0.3) is 0 Å². The second-order valence-electron chi connectivity index (χ2n) is 4.47. The second-order valence-corrected chi connectivity index (χ2v) is 4.47. The summed E-state index contributed by atoms with van der Waals surface area (Å²) < 4.78 is 5.34. The minimum atomic E-state index is 0.0126. The molecule has 0 fully saturated rings. The average Bonchev–Trinajstić information content (AvgIpc) is 2.39. The van der Waals surface area contributed by atoms with E-state index in [1.54, 1.807) is 18.2 Å². The maximum atomic E-state index is 11.4. The van der Waals surface area contributed by atoms with Crippen molar-refractivity contribution in [2.24, 2.45) is 0 Å². The number of phenols is 1. The van der Waals surface area contributed by atoms with Crippen LogP contribution in [-0.2, 0) is 11.3 Å². The van der Waals surface area contributed by atoms with E-state index in [-0.39, 0.29) is 11.5 Å². The topological polar surface area (TPSA) is 49.8 Å². The third kappa shape index (κ3) is 5.01. The predicted octanol–water partition coefficient (Wildman–Crippen LogP) is 2.45. The highest BCUT2D eigenvalue weighted by Gasteiger charge is 2.10. The number of hydrogen-bond donors (Lipinski definition) is 1. The summed E-state index contributed by atoms with van der Waals surface area (Å²) in [6.07, 6.45) is 0. The zero-order valence-electron chi connectivity index (χ0n) is 12.0. The van der Waals surface area contributed by atoms with Gasteiger partial charge in [0.1, 0.15) is 5.75 Å². The van der Waals surface area contributed by atoms with Crippen molar-refractivity contribution in [1.82, 2.24) is 4.90 Å². The Morgan fingerprint density at radius 2 is 2.11 bits per heavy atom. The van der Waals surface area contributed by atoms with E-state index < -0.39 is 0 Å². The van der Waals surface area contributed by atoms with Gasteiger partial charge in [-0.1, -0.05) is 6.92 Å². The first-order chi connectivity index (χ1) is 9.08. The summed E-state index contributed by atoms with van der Waals surface area (Å²) in [6, 6.07) is 5.00. The van der Waals surface area contributed by atoms with Crippen LogP contribution in [0.3, 0.4) is 0 Å². The molecule has 0 saturated carbocycles. The number of phenolic OH excluding ortho intramolecular Hbond substituents is 1. The van der Waals surface area contributed by atoms with Crippen LogP contribution in [0.15, 0.2) is 18.2 Å². The number of likely N-dealkylation sites (N-methyl/N-ethyl adjacent to an activating group) is 1. The highest BCUT2D eigenvalue weighted by Crippen LogP contribution is 2.20. The molecule has 19 heavy (non-hydrogen) atoms. The van der Waals surface area contributed by atoms with E-state index >= 15 is 0 Å². The molecular formula is C15H23NO3. The summed E-state index contributed by atoms with van der Waals surface area (Å²) in [5.41, 5.74) is 1.42. The van der Waals surface area contributed by atoms with E-state index in [0.29, 0.717) is 25.3 Å². The molecule has 0 aliphatic carbocycles. The van der Waals surface area contributed by atoms with Crippen LogP contribution in [-0.4, -0.2) is 42.1 Å². The molecular weight excluding hydrogens is 242 g/mol. The van der Waals surface area contributed by atoms with Crippen molar-refractivity contribution < 1.29 is 14.6 Å². The molecule has 0 aliphatic rings. The van der Waals surface area contributed by atoms with Gasteiger partial charge in [-0.2, -0.15) is 0 Å². The molecule has 1 aromatic rings. The van der Waals surface area contributed by atoms with Crippen molar-refractivity contribution in [2.45, 2.75) is 27.3 Å². The van der Waals surface area contributed by atoms with Gasteiger partial charge in [0.25, 0.3) is 0 Å². The molecule has 0 unspecified atom stereocenters. The van der Waals surface area contributed by atoms with Gasteiger partial charge in [-0.15, -0.1) is 0 Å². The first-order valence-electron chi connectivity index (χ1n) is 6.71. The van der Waals surface area contributed by atoms with Gasteiger partial charge in [-0.05, 0) is 38.6 Å². The molecule has 0 radical (unpaired) electrons. The first kappa shape index (κ1) is 15.7. The number of carbonyl (C=O) groups excluding carboxylic acids is 1. The molecule has 1 rings (SSSR count). The van der Waals surface area contributed by atoms with Crippen LogP contribution in [0, 0.1) is 0 Å². The van der Waals surface area contributed by atoms with Gasteiger partial charge < -0.3 is 9.84 Å². The maximum Gasteiger partial charge on any atom is 0.159 e. The Kier molecular flexibility index (Phi) is 6.53. The van der Waals surface area contributed by atoms with Crippen LogP contribution >= 0.6 is 0 Å². The molecule has 0 amide bonds. The van der Waals surface area contributed by atoms with E-state index in [1.807, 2.05) is 6.92 Å². The van der Waals surface area contributed by atoms with E-state index in [4.69, 9.17) is 4.74 Å². The summed E-state index contributed by atoms with van der Waals surface area (Å²) >= 11 is 0. The number of nitrogens with zero attached hydrogens (tertiary/aromatic N) is 1. The average molecular weight is 265 g/mol. The molecule has 0 saturated heterocycles. The van der Waals surface area contributed by atoms with Crippen molar-refractivity contribution in [2.75, 3.05) is 26.3 Å². The lowest BCUT2D eigenvalue weighted by Crippen LogP contribution is -2.27. The lowest BCUT2D eigenvalue weighted by Gasteiger charge is -2.21. The molecule has 0 atom stereocenters. The van der Waals surface area contributed by atoms with Crippen molar-refractivity contribution in [1.29, 1.82) is 0 Å². The van der Waals surface area contributed by atoms with Gasteiger partial charge in [0.05, 0.1) is 6.61 Å². The fraction of sp³-hybridized carbons (Fsp3) is 0.533. The lowest BCUT2D eigenvalue weighted by molar-refractivity contribution is 0.101. The van der Waals surface area contributed by atoms with Gasteiger partial charge in [-0.25, -0.2) is 0 Å². The summed E-state index contributed by atoms with van der Waals surface area (Å²) in [6.45, 7) is 9.26. The number of benzene rings is 1. The largest absolute Gasteiger partial charge is 0.508 e. The highest BCUT2D eigenvalue weighted by molar-refractivity contribution is 5.94. The summed E-state index contributed by atoms with van der Waals surface area (Å²) in [5.74, 6) is 0.249. The number of rotatable bonds is 8. The molecule has 0 aromatic heterocycles. The number of aromatic hydroxyl groups is 1. The number of hydrogen-bond acceptors (Lipinski definition) is 4. The Labute approximate surface area is 115 Å².